The summed E-state index contributed by atoms with van der Waals surface area (Å²) in [7, 11) is 0. The monoisotopic (exact) mass is 661 g/mol. The van der Waals surface area contributed by atoms with Crippen LogP contribution in [0.1, 0.15) is 56.2 Å². The zero-order valence-corrected chi connectivity index (χ0v) is 25.5. The van der Waals surface area contributed by atoms with Crippen LogP contribution in [0, 0.1) is 17.8 Å². The van der Waals surface area contributed by atoms with Gasteiger partial charge in [-0.1, -0.05) is 54.5 Å². The number of rotatable bonds is 8. The van der Waals surface area contributed by atoms with Crippen molar-refractivity contribution in [3.8, 4) is 5.75 Å². The topological polar surface area (TPSA) is 98.1 Å². The summed E-state index contributed by atoms with van der Waals surface area (Å²) in [6.45, 7) is 2.96. The molecule has 3 aromatic carbocycles. The third-order valence-electron chi connectivity index (χ3n) is 9.15. The molecule has 0 radical (unpaired) electrons. The number of benzene rings is 3. The normalized spacial score (nSPS) is 21.5. The lowest BCUT2D eigenvalue weighted by Crippen LogP contribution is -2.39. The van der Waals surface area contributed by atoms with E-state index in [-0.39, 0.29) is 24.7 Å². The predicted octanol–water partition coefficient (Wildman–Crippen LogP) is 7.65. The number of hydrogen-bond donors (Lipinski definition) is 3. The molecule has 1 heterocycles. The van der Waals surface area contributed by atoms with E-state index in [4.69, 9.17) is 0 Å². The third-order valence-corrected chi connectivity index (χ3v) is 9.15. The highest BCUT2D eigenvalue weighted by Gasteiger charge is 2.55. The molecule has 0 saturated carbocycles. The number of carbonyl (C=O) groups excluding carboxylic acids is 2. The summed E-state index contributed by atoms with van der Waals surface area (Å²) in [6, 6.07) is 11.3. The standard InChI is InChI=1S/C35H33F6NO5/c1-3-19-13-26-31(33(47)42(32(26)46)23-15-21(34(36,37)38)14-22(16-23)35(39,40)41)27(17-43)30(19)29(45)10-8-18(2)12-20-9-11-28(44)25-7-5-4-6-24(20)25/h4-7,9,11-12,14-16,26-27,29,31,43-45H,3,8,10,13,17H2,1-2H3/b18-12+/t26-,27+,29-,31-/m1/s1. The van der Waals surface area contributed by atoms with Crippen molar-refractivity contribution in [2.24, 2.45) is 17.8 Å². The van der Waals surface area contributed by atoms with Crippen LogP contribution in [0.2, 0.25) is 0 Å². The predicted molar refractivity (Wildman–Crippen MR) is 163 cm³/mol. The minimum absolute atomic E-state index is 0.0372. The minimum atomic E-state index is -5.18. The number of phenols is 1. The van der Waals surface area contributed by atoms with Crippen LogP contribution >= 0.6 is 0 Å². The second-order valence-electron chi connectivity index (χ2n) is 12.1. The highest BCUT2D eigenvalue weighted by Crippen LogP contribution is 2.49. The fourth-order valence-electron chi connectivity index (χ4n) is 6.91. The molecule has 3 aromatic rings. The van der Waals surface area contributed by atoms with Gasteiger partial charge in [-0.05, 0) is 73.4 Å². The number of imide groups is 1. The van der Waals surface area contributed by atoms with Gasteiger partial charge in [0.25, 0.3) is 0 Å². The van der Waals surface area contributed by atoms with Crippen LogP contribution in [0.15, 0.2) is 71.3 Å². The van der Waals surface area contributed by atoms with Crippen LogP contribution in [-0.4, -0.2) is 39.8 Å². The number of fused-ring (bicyclic) bond motifs is 2. The number of amides is 2. The van der Waals surface area contributed by atoms with E-state index in [1.807, 2.05) is 31.2 Å². The summed E-state index contributed by atoms with van der Waals surface area (Å²) in [5, 5.41) is 33.6. The molecule has 1 aliphatic heterocycles. The summed E-state index contributed by atoms with van der Waals surface area (Å²) >= 11 is 0. The van der Waals surface area contributed by atoms with Crippen molar-refractivity contribution in [3.05, 3.63) is 88.0 Å². The number of aliphatic hydroxyl groups is 2. The Morgan fingerprint density at radius 1 is 0.957 bits per heavy atom. The number of anilines is 1. The van der Waals surface area contributed by atoms with Crippen molar-refractivity contribution >= 4 is 34.4 Å². The summed E-state index contributed by atoms with van der Waals surface area (Å²) < 4.78 is 81.4. The number of nitrogens with zero attached hydrogens (tertiary/aromatic N) is 1. The molecule has 47 heavy (non-hydrogen) atoms. The van der Waals surface area contributed by atoms with Crippen molar-refractivity contribution in [3.63, 3.8) is 0 Å². The molecule has 1 fully saturated rings. The number of carbonyl (C=O) groups is 2. The molecule has 0 bridgehead atoms. The quantitative estimate of drug-likeness (QED) is 0.131. The molecular formula is C35H33F6NO5. The average molecular weight is 662 g/mol. The molecule has 1 saturated heterocycles. The minimum Gasteiger partial charge on any atom is -0.507 e. The van der Waals surface area contributed by atoms with Crippen LogP contribution in [0.3, 0.4) is 0 Å². The summed E-state index contributed by atoms with van der Waals surface area (Å²) in [5.41, 5.74) is -1.47. The van der Waals surface area contributed by atoms with Gasteiger partial charge in [0.05, 0.1) is 41.4 Å². The number of aliphatic hydroxyl groups excluding tert-OH is 2. The Morgan fingerprint density at radius 3 is 2.15 bits per heavy atom. The number of aromatic hydroxyl groups is 1. The number of phenolic OH excluding ortho intramolecular Hbond substituents is 1. The molecule has 3 N–H and O–H groups in total. The van der Waals surface area contributed by atoms with Crippen molar-refractivity contribution in [2.45, 2.75) is 58.0 Å². The lowest BCUT2D eigenvalue weighted by Gasteiger charge is -2.36. The van der Waals surface area contributed by atoms with E-state index in [2.05, 4.69) is 0 Å². The zero-order chi connectivity index (χ0) is 34.4. The van der Waals surface area contributed by atoms with Gasteiger partial charge in [-0.15, -0.1) is 0 Å². The molecule has 0 unspecified atom stereocenters. The van der Waals surface area contributed by atoms with Gasteiger partial charge in [0, 0.05) is 11.3 Å². The van der Waals surface area contributed by atoms with Crippen LogP contribution < -0.4 is 4.90 Å². The Balaban J connectivity index is 1.43. The van der Waals surface area contributed by atoms with Crippen molar-refractivity contribution in [1.82, 2.24) is 0 Å². The lowest BCUT2D eigenvalue weighted by atomic mass is 9.67. The summed E-state index contributed by atoms with van der Waals surface area (Å²) in [5.74, 6) is -5.32. The molecule has 2 amide bonds. The Hall–Kier alpha value is -4.16. The van der Waals surface area contributed by atoms with Gasteiger partial charge in [0.1, 0.15) is 5.75 Å². The highest BCUT2D eigenvalue weighted by molar-refractivity contribution is 6.22. The first-order valence-electron chi connectivity index (χ1n) is 15.1. The van der Waals surface area contributed by atoms with Crippen molar-refractivity contribution in [2.75, 3.05) is 11.5 Å². The maximum Gasteiger partial charge on any atom is 0.416 e. The van der Waals surface area contributed by atoms with Gasteiger partial charge in [0.2, 0.25) is 11.8 Å². The SMILES string of the molecule is CCC1=C([C@H](O)CC/C(C)=C/c2ccc(O)c3ccccc23)[C@H](CO)[C@@H]2C(=O)N(c3cc(C(F)(F)F)cc(C(F)(F)F)c3)C(=O)[C@@H]2C1. The first-order chi connectivity index (χ1) is 22.1. The molecule has 0 aromatic heterocycles. The van der Waals surface area contributed by atoms with Crippen molar-refractivity contribution in [1.29, 1.82) is 0 Å². The average Bonchev–Trinajstić information content (AvgIpc) is 3.28. The summed E-state index contributed by atoms with van der Waals surface area (Å²) in [4.78, 5) is 27.6. The van der Waals surface area contributed by atoms with E-state index in [1.54, 1.807) is 25.1 Å². The second-order valence-corrected chi connectivity index (χ2v) is 12.1. The number of allylic oxidation sites excluding steroid dienone is 2. The van der Waals surface area contributed by atoms with Crippen LogP contribution in [0.4, 0.5) is 32.0 Å². The molecule has 5 rings (SSSR count). The molecule has 2 aliphatic rings. The highest BCUT2D eigenvalue weighted by atomic mass is 19.4. The maximum absolute atomic E-state index is 13.7. The molecular weight excluding hydrogens is 628 g/mol. The van der Waals surface area contributed by atoms with E-state index in [9.17, 15) is 51.3 Å². The summed E-state index contributed by atoms with van der Waals surface area (Å²) in [6.07, 6.45) is -8.71. The smallest absolute Gasteiger partial charge is 0.416 e. The molecule has 1 aliphatic carbocycles. The molecule has 4 atom stereocenters. The largest absolute Gasteiger partial charge is 0.507 e. The van der Waals surface area contributed by atoms with E-state index in [1.165, 1.54) is 0 Å². The zero-order valence-electron chi connectivity index (χ0n) is 25.5. The lowest BCUT2D eigenvalue weighted by molar-refractivity contribution is -0.143. The number of alkyl halides is 6. The van der Waals surface area contributed by atoms with E-state index < -0.39 is 71.4 Å². The van der Waals surface area contributed by atoms with Gasteiger partial charge in [-0.2, -0.15) is 26.3 Å². The van der Waals surface area contributed by atoms with E-state index >= 15 is 0 Å². The Morgan fingerprint density at radius 2 is 1.57 bits per heavy atom. The van der Waals surface area contributed by atoms with Gasteiger partial charge < -0.3 is 15.3 Å². The third kappa shape index (κ3) is 6.53. The van der Waals surface area contributed by atoms with Crippen molar-refractivity contribution < 1.29 is 51.3 Å². The van der Waals surface area contributed by atoms with Crippen LogP contribution in [-0.2, 0) is 21.9 Å². The Labute approximate surface area is 266 Å². The maximum atomic E-state index is 13.7. The molecule has 250 valence electrons. The Bertz CT molecular complexity index is 1740. The van der Waals surface area contributed by atoms with E-state index in [0.29, 0.717) is 46.4 Å². The first kappa shape index (κ1) is 34.2. The molecule has 12 heteroatoms. The van der Waals surface area contributed by atoms with Crippen LogP contribution in [0.5, 0.6) is 5.75 Å². The van der Waals surface area contributed by atoms with Gasteiger partial charge in [-0.25, -0.2) is 4.90 Å². The fourth-order valence-corrected chi connectivity index (χ4v) is 6.91. The van der Waals surface area contributed by atoms with E-state index in [0.717, 1.165) is 16.5 Å². The first-order valence-corrected chi connectivity index (χ1v) is 15.1. The second kappa shape index (κ2) is 12.8. The van der Waals surface area contributed by atoms with Crippen LogP contribution in [0.25, 0.3) is 16.8 Å². The number of hydrogen-bond acceptors (Lipinski definition) is 5. The van der Waals surface area contributed by atoms with Gasteiger partial charge in [-0.3, -0.25) is 9.59 Å². The Kier molecular flexibility index (Phi) is 9.31. The molecule has 6 nitrogen and oxygen atoms in total. The number of halogens is 6. The van der Waals surface area contributed by atoms with Gasteiger partial charge in [0.15, 0.2) is 0 Å². The molecule has 0 spiro atoms. The van der Waals surface area contributed by atoms with Gasteiger partial charge >= 0.3 is 12.4 Å². The fraction of sp³-hybridized carbons (Fsp3) is 0.371.